The lowest BCUT2D eigenvalue weighted by Crippen LogP contribution is -2.42. The first-order chi connectivity index (χ1) is 9.04. The molecule has 1 rings (SSSR count). The van der Waals surface area contributed by atoms with Crippen molar-refractivity contribution in [1.82, 2.24) is 10.3 Å². The Morgan fingerprint density at radius 2 is 2.00 bits per heavy atom. The van der Waals surface area contributed by atoms with Gasteiger partial charge in [-0.2, -0.15) is 0 Å². The van der Waals surface area contributed by atoms with Crippen LogP contribution in [0.15, 0.2) is 24.5 Å². The van der Waals surface area contributed by atoms with Gasteiger partial charge in [0.05, 0.1) is 13.0 Å². The zero-order chi connectivity index (χ0) is 14.3. The molecule has 0 aliphatic rings. The SMILES string of the molecule is CCOC(=O)C[C@H](NC(=O)c1ccncc1)C(=O)O. The molecule has 0 aromatic carbocycles. The molecule has 0 bridgehead atoms. The van der Waals surface area contributed by atoms with E-state index in [-0.39, 0.29) is 12.2 Å². The molecular formula is C12H14N2O5. The van der Waals surface area contributed by atoms with E-state index in [2.05, 4.69) is 15.0 Å². The number of hydrogen-bond donors (Lipinski definition) is 2. The van der Waals surface area contributed by atoms with Gasteiger partial charge >= 0.3 is 11.9 Å². The van der Waals surface area contributed by atoms with Gasteiger partial charge in [-0.05, 0) is 19.1 Å². The number of rotatable bonds is 6. The Morgan fingerprint density at radius 1 is 1.37 bits per heavy atom. The Kier molecular flexibility index (Phi) is 5.46. The molecule has 0 saturated heterocycles. The maximum atomic E-state index is 11.7. The van der Waals surface area contributed by atoms with Gasteiger partial charge in [0, 0.05) is 18.0 Å². The number of carboxylic acids is 1. The number of amides is 1. The minimum Gasteiger partial charge on any atom is -0.480 e. The topological polar surface area (TPSA) is 106 Å². The molecule has 0 spiro atoms. The highest BCUT2D eigenvalue weighted by molar-refractivity contribution is 5.97. The number of hydrogen-bond acceptors (Lipinski definition) is 5. The van der Waals surface area contributed by atoms with Crippen molar-refractivity contribution in [3.05, 3.63) is 30.1 Å². The number of nitrogens with one attached hydrogen (secondary N) is 1. The number of carbonyl (C=O) groups excluding carboxylic acids is 2. The third-order valence-electron chi connectivity index (χ3n) is 2.22. The zero-order valence-corrected chi connectivity index (χ0v) is 10.3. The molecule has 1 atom stereocenters. The monoisotopic (exact) mass is 266 g/mol. The van der Waals surface area contributed by atoms with Gasteiger partial charge in [0.15, 0.2) is 0 Å². The number of ether oxygens (including phenoxy) is 1. The summed E-state index contributed by atoms with van der Waals surface area (Å²) in [6.45, 7) is 1.77. The molecule has 7 nitrogen and oxygen atoms in total. The van der Waals surface area contributed by atoms with E-state index < -0.39 is 30.3 Å². The van der Waals surface area contributed by atoms with E-state index in [4.69, 9.17) is 5.11 Å². The maximum absolute atomic E-state index is 11.7. The van der Waals surface area contributed by atoms with E-state index >= 15 is 0 Å². The van der Waals surface area contributed by atoms with Crippen molar-refractivity contribution in [2.45, 2.75) is 19.4 Å². The summed E-state index contributed by atoms with van der Waals surface area (Å²) < 4.78 is 4.65. The van der Waals surface area contributed by atoms with Crippen molar-refractivity contribution in [3.63, 3.8) is 0 Å². The molecule has 0 aliphatic carbocycles. The first-order valence-corrected chi connectivity index (χ1v) is 5.64. The van der Waals surface area contributed by atoms with E-state index in [0.717, 1.165) is 0 Å². The summed E-state index contributed by atoms with van der Waals surface area (Å²) in [5.74, 6) is -2.56. The van der Waals surface area contributed by atoms with E-state index in [1.165, 1.54) is 24.5 Å². The van der Waals surface area contributed by atoms with Crippen LogP contribution in [0.5, 0.6) is 0 Å². The number of carbonyl (C=O) groups is 3. The van der Waals surface area contributed by atoms with Crippen LogP contribution in [0.25, 0.3) is 0 Å². The van der Waals surface area contributed by atoms with Gasteiger partial charge in [-0.3, -0.25) is 14.6 Å². The van der Waals surface area contributed by atoms with Crippen LogP contribution in [-0.4, -0.2) is 40.6 Å². The quantitative estimate of drug-likeness (QED) is 0.713. The Labute approximate surface area is 109 Å². The minimum atomic E-state index is -1.32. The normalized spacial score (nSPS) is 11.4. The number of pyridine rings is 1. The second kappa shape index (κ2) is 7.10. The lowest BCUT2D eigenvalue weighted by molar-refractivity contribution is -0.149. The van der Waals surface area contributed by atoms with Crippen LogP contribution in [0.1, 0.15) is 23.7 Å². The predicted octanol–water partition coefficient (Wildman–Crippen LogP) is 0.218. The fourth-order valence-electron chi connectivity index (χ4n) is 1.33. The molecule has 19 heavy (non-hydrogen) atoms. The van der Waals surface area contributed by atoms with E-state index in [1.54, 1.807) is 6.92 Å². The highest BCUT2D eigenvalue weighted by Gasteiger charge is 2.24. The second-order valence-corrected chi connectivity index (χ2v) is 3.61. The van der Waals surface area contributed by atoms with Crippen LogP contribution in [0.4, 0.5) is 0 Å². The molecule has 2 N–H and O–H groups in total. The van der Waals surface area contributed by atoms with Crippen molar-refractivity contribution in [3.8, 4) is 0 Å². The van der Waals surface area contributed by atoms with Gasteiger partial charge < -0.3 is 15.2 Å². The smallest absolute Gasteiger partial charge is 0.326 e. The van der Waals surface area contributed by atoms with Crippen LogP contribution >= 0.6 is 0 Å². The molecule has 7 heteroatoms. The second-order valence-electron chi connectivity index (χ2n) is 3.61. The lowest BCUT2D eigenvalue weighted by atomic mass is 10.2. The molecule has 1 heterocycles. The standard InChI is InChI=1S/C12H14N2O5/c1-2-19-10(15)7-9(12(17)18)14-11(16)8-3-5-13-6-4-8/h3-6,9H,2,7H2,1H3,(H,14,16)(H,17,18)/t9-/m0/s1. The third-order valence-corrected chi connectivity index (χ3v) is 2.22. The molecular weight excluding hydrogens is 252 g/mol. The molecule has 1 amide bonds. The first kappa shape index (κ1) is 14.6. The summed E-state index contributed by atoms with van der Waals surface area (Å²) >= 11 is 0. The number of nitrogens with zero attached hydrogens (tertiary/aromatic N) is 1. The van der Waals surface area contributed by atoms with E-state index in [0.29, 0.717) is 0 Å². The molecule has 0 saturated carbocycles. The zero-order valence-electron chi connectivity index (χ0n) is 10.3. The fraction of sp³-hybridized carbons (Fsp3) is 0.333. The molecule has 1 aromatic heterocycles. The van der Waals surface area contributed by atoms with Gasteiger partial charge in [0.1, 0.15) is 6.04 Å². The summed E-state index contributed by atoms with van der Waals surface area (Å²) in [7, 11) is 0. The fourth-order valence-corrected chi connectivity index (χ4v) is 1.33. The molecule has 0 radical (unpaired) electrons. The van der Waals surface area contributed by atoms with Crippen LogP contribution < -0.4 is 5.32 Å². The van der Waals surface area contributed by atoms with E-state index in [9.17, 15) is 14.4 Å². The number of aromatic nitrogens is 1. The van der Waals surface area contributed by atoms with Crippen LogP contribution in [0.2, 0.25) is 0 Å². The van der Waals surface area contributed by atoms with Crippen LogP contribution in [0.3, 0.4) is 0 Å². The Hall–Kier alpha value is -2.44. The molecule has 0 unspecified atom stereocenters. The lowest BCUT2D eigenvalue weighted by Gasteiger charge is -2.13. The Morgan fingerprint density at radius 3 is 2.53 bits per heavy atom. The highest BCUT2D eigenvalue weighted by Crippen LogP contribution is 2.01. The van der Waals surface area contributed by atoms with Gasteiger partial charge in [0.2, 0.25) is 0 Å². The number of esters is 1. The van der Waals surface area contributed by atoms with Crippen molar-refractivity contribution in [1.29, 1.82) is 0 Å². The summed E-state index contributed by atoms with van der Waals surface area (Å²) in [6, 6.07) is 1.57. The molecule has 0 fully saturated rings. The summed E-state index contributed by atoms with van der Waals surface area (Å²) in [5.41, 5.74) is 0.269. The van der Waals surface area contributed by atoms with Crippen molar-refractivity contribution in [2.75, 3.05) is 6.61 Å². The Bertz CT molecular complexity index is 460. The van der Waals surface area contributed by atoms with Gasteiger partial charge in [-0.1, -0.05) is 0 Å². The highest BCUT2D eigenvalue weighted by atomic mass is 16.5. The summed E-state index contributed by atoms with van der Waals surface area (Å²) in [5, 5.41) is 11.2. The Balaban J connectivity index is 2.66. The van der Waals surface area contributed by atoms with Gasteiger partial charge in [-0.25, -0.2) is 4.79 Å². The van der Waals surface area contributed by atoms with Gasteiger partial charge in [-0.15, -0.1) is 0 Å². The molecule has 1 aromatic rings. The van der Waals surface area contributed by atoms with Crippen LogP contribution in [0, 0.1) is 0 Å². The van der Waals surface area contributed by atoms with Crippen molar-refractivity contribution < 1.29 is 24.2 Å². The largest absolute Gasteiger partial charge is 0.480 e. The minimum absolute atomic E-state index is 0.156. The molecule has 102 valence electrons. The maximum Gasteiger partial charge on any atom is 0.326 e. The number of aliphatic carboxylic acids is 1. The number of carboxylic acid groups (broad SMARTS) is 1. The third kappa shape index (κ3) is 4.74. The van der Waals surface area contributed by atoms with Gasteiger partial charge in [0.25, 0.3) is 5.91 Å². The van der Waals surface area contributed by atoms with Crippen LogP contribution in [-0.2, 0) is 14.3 Å². The first-order valence-electron chi connectivity index (χ1n) is 5.64. The average molecular weight is 266 g/mol. The summed E-state index contributed by atoms with van der Waals surface area (Å²) in [6.07, 6.45) is 2.41. The predicted molar refractivity (Wildman–Crippen MR) is 64.4 cm³/mol. The summed E-state index contributed by atoms with van der Waals surface area (Å²) in [4.78, 5) is 37.7. The van der Waals surface area contributed by atoms with Crippen molar-refractivity contribution in [2.24, 2.45) is 0 Å². The van der Waals surface area contributed by atoms with Crippen molar-refractivity contribution >= 4 is 17.8 Å². The molecule has 0 aliphatic heterocycles. The van der Waals surface area contributed by atoms with E-state index in [1.807, 2.05) is 0 Å². The average Bonchev–Trinajstić information content (AvgIpc) is 2.39.